The highest BCUT2D eigenvalue weighted by Gasteiger charge is 2.41. The molecule has 29 heavy (non-hydrogen) atoms. The summed E-state index contributed by atoms with van der Waals surface area (Å²) in [5, 5.41) is 2.79. The third-order valence-electron chi connectivity index (χ3n) is 5.19. The molecule has 1 aromatic carbocycles. The third kappa shape index (κ3) is 3.69. The molecule has 4 rings (SSSR count). The van der Waals surface area contributed by atoms with Gasteiger partial charge in [-0.15, -0.1) is 0 Å². The number of rotatable bonds is 3. The number of fused-ring (bicyclic) bond motifs is 1. The Morgan fingerprint density at radius 2 is 2.07 bits per heavy atom. The molecule has 0 spiro atoms. The number of aliphatic imine (C=N–C) groups is 1. The molecule has 0 aromatic heterocycles. The van der Waals surface area contributed by atoms with E-state index in [9.17, 15) is 18.0 Å². The van der Waals surface area contributed by atoms with Crippen molar-refractivity contribution < 1.29 is 18.0 Å². The molecule has 1 atom stereocenters. The zero-order valence-corrected chi connectivity index (χ0v) is 16.9. The van der Waals surface area contributed by atoms with Crippen LogP contribution in [0.1, 0.15) is 26.2 Å². The van der Waals surface area contributed by atoms with Gasteiger partial charge in [0.1, 0.15) is 11.4 Å². The van der Waals surface area contributed by atoms with E-state index >= 15 is 0 Å². The monoisotopic (exact) mass is 414 g/mol. The number of carbonyl (C=O) groups excluding carboxylic acids is 2. The van der Waals surface area contributed by atoms with Gasteiger partial charge in [0, 0.05) is 18.4 Å². The van der Waals surface area contributed by atoms with Gasteiger partial charge in [-0.3, -0.25) is 23.8 Å². The van der Waals surface area contributed by atoms with Gasteiger partial charge in [0.2, 0.25) is 15.9 Å². The van der Waals surface area contributed by atoms with Gasteiger partial charge in [0.05, 0.1) is 17.9 Å². The average Bonchev–Trinajstić information content (AvgIpc) is 2.68. The van der Waals surface area contributed by atoms with Crippen molar-refractivity contribution in [2.24, 2.45) is 4.99 Å². The second-order valence-corrected chi connectivity index (χ2v) is 9.50. The molecule has 1 aromatic rings. The van der Waals surface area contributed by atoms with Gasteiger partial charge < -0.3 is 5.32 Å². The largest absolute Gasteiger partial charge is 0.324 e. The highest BCUT2D eigenvalue weighted by atomic mass is 32.2. The molecule has 1 saturated heterocycles. The van der Waals surface area contributed by atoms with Gasteiger partial charge in [0.25, 0.3) is 5.91 Å². The van der Waals surface area contributed by atoms with Crippen LogP contribution in [0.5, 0.6) is 0 Å². The number of amides is 2. The van der Waals surface area contributed by atoms with Crippen LogP contribution in [0.2, 0.25) is 0 Å². The van der Waals surface area contributed by atoms with Gasteiger partial charge in [-0.2, -0.15) is 0 Å². The van der Waals surface area contributed by atoms with Crippen LogP contribution in [0.25, 0.3) is 0 Å². The molecule has 0 bridgehead atoms. The van der Waals surface area contributed by atoms with Crippen LogP contribution in [-0.2, 0) is 19.6 Å². The predicted molar refractivity (Wildman–Crippen MR) is 111 cm³/mol. The van der Waals surface area contributed by atoms with E-state index in [2.05, 4.69) is 10.3 Å². The van der Waals surface area contributed by atoms with Crippen molar-refractivity contribution in [1.82, 2.24) is 4.90 Å². The van der Waals surface area contributed by atoms with Crippen molar-refractivity contribution in [3.8, 4) is 0 Å². The minimum atomic E-state index is -3.34. The molecule has 2 amide bonds. The number of carbonyl (C=O) groups is 2. The Morgan fingerprint density at radius 3 is 2.86 bits per heavy atom. The number of nitrogens with zero attached hydrogens (tertiary/aromatic N) is 3. The maximum atomic E-state index is 13.0. The van der Waals surface area contributed by atoms with Gasteiger partial charge in [-0.25, -0.2) is 8.42 Å². The van der Waals surface area contributed by atoms with Crippen molar-refractivity contribution in [2.75, 3.05) is 21.9 Å². The standard InChI is InChI=1S/C20H22N4O4S/c1-20(14-18(25)23-10-3-2-9-17(23)22-20)19(26)21-15-7-6-8-16(13-15)24-11-4-5-12-29(24,27)28/h2-3,6-10,13H,4-5,11-12,14H2,1H3,(H,21,26). The zero-order chi connectivity index (χ0) is 20.6. The second-order valence-electron chi connectivity index (χ2n) is 7.48. The van der Waals surface area contributed by atoms with Crippen LogP contribution in [0.3, 0.4) is 0 Å². The number of benzene rings is 1. The quantitative estimate of drug-likeness (QED) is 0.818. The number of allylic oxidation sites excluding steroid dienone is 2. The van der Waals surface area contributed by atoms with Crippen molar-refractivity contribution in [2.45, 2.75) is 31.7 Å². The number of anilines is 2. The molecular formula is C20H22N4O4S. The summed E-state index contributed by atoms with van der Waals surface area (Å²) in [5.41, 5.74) is -0.264. The van der Waals surface area contributed by atoms with E-state index in [1.807, 2.05) is 0 Å². The first-order chi connectivity index (χ1) is 13.8. The topological polar surface area (TPSA) is 99.2 Å². The lowest BCUT2D eigenvalue weighted by atomic mass is 9.94. The summed E-state index contributed by atoms with van der Waals surface area (Å²) in [6, 6.07) is 6.74. The smallest absolute Gasteiger partial charge is 0.252 e. The molecule has 1 N–H and O–H groups in total. The maximum absolute atomic E-state index is 13.0. The highest BCUT2D eigenvalue weighted by Crippen LogP contribution is 2.29. The van der Waals surface area contributed by atoms with Crippen molar-refractivity contribution in [3.63, 3.8) is 0 Å². The van der Waals surface area contributed by atoms with Crippen molar-refractivity contribution in [1.29, 1.82) is 0 Å². The Morgan fingerprint density at radius 1 is 1.24 bits per heavy atom. The van der Waals surface area contributed by atoms with Crippen LogP contribution in [-0.4, -0.2) is 48.8 Å². The summed E-state index contributed by atoms with van der Waals surface area (Å²) in [4.78, 5) is 31.3. The molecular weight excluding hydrogens is 392 g/mol. The Bertz CT molecular complexity index is 1060. The minimum Gasteiger partial charge on any atom is -0.324 e. The first-order valence-corrected chi connectivity index (χ1v) is 11.1. The SMILES string of the molecule is CC1(C(=O)Nc2cccc(N3CCCCS3(=O)=O)c2)CC(=O)N2C=CC=CC2=N1. The van der Waals surface area contributed by atoms with Crippen molar-refractivity contribution >= 4 is 39.0 Å². The Kier molecular flexibility index (Phi) is 4.77. The van der Waals surface area contributed by atoms with E-state index in [1.165, 1.54) is 9.21 Å². The van der Waals surface area contributed by atoms with Gasteiger partial charge in [-0.05, 0) is 50.1 Å². The summed E-state index contributed by atoms with van der Waals surface area (Å²) in [6.07, 6.45) is 8.20. The van der Waals surface area contributed by atoms with Crippen LogP contribution in [0, 0.1) is 0 Å². The van der Waals surface area contributed by atoms with Crippen LogP contribution >= 0.6 is 0 Å². The fourth-order valence-electron chi connectivity index (χ4n) is 3.62. The fraction of sp³-hybridized carbons (Fsp3) is 0.350. The molecule has 1 fully saturated rings. The molecule has 152 valence electrons. The summed E-state index contributed by atoms with van der Waals surface area (Å²) in [7, 11) is -3.34. The molecule has 9 heteroatoms. The lowest BCUT2D eigenvalue weighted by Crippen LogP contribution is -2.50. The number of amidine groups is 1. The Balaban J connectivity index is 1.57. The zero-order valence-electron chi connectivity index (χ0n) is 16.0. The molecule has 0 aliphatic carbocycles. The van der Waals surface area contributed by atoms with Gasteiger partial charge >= 0.3 is 0 Å². The van der Waals surface area contributed by atoms with Crippen molar-refractivity contribution in [3.05, 3.63) is 48.7 Å². The number of hydrogen-bond donors (Lipinski definition) is 1. The highest BCUT2D eigenvalue weighted by molar-refractivity contribution is 7.92. The maximum Gasteiger partial charge on any atom is 0.252 e. The van der Waals surface area contributed by atoms with E-state index in [4.69, 9.17) is 0 Å². The van der Waals surface area contributed by atoms with E-state index in [0.717, 1.165) is 6.42 Å². The molecule has 3 heterocycles. The van der Waals surface area contributed by atoms with Crippen LogP contribution in [0.4, 0.5) is 11.4 Å². The van der Waals surface area contributed by atoms with Gasteiger partial charge in [0.15, 0.2) is 0 Å². The van der Waals surface area contributed by atoms with E-state index in [1.54, 1.807) is 55.6 Å². The normalized spacial score (nSPS) is 25.4. The fourth-order valence-corrected chi connectivity index (χ4v) is 5.25. The molecule has 0 radical (unpaired) electrons. The lowest BCUT2D eigenvalue weighted by molar-refractivity contribution is -0.132. The van der Waals surface area contributed by atoms with Crippen LogP contribution < -0.4 is 9.62 Å². The molecule has 1 unspecified atom stereocenters. The van der Waals surface area contributed by atoms with E-state index in [-0.39, 0.29) is 18.1 Å². The third-order valence-corrected chi connectivity index (χ3v) is 7.06. The summed E-state index contributed by atoms with van der Waals surface area (Å²) in [5.74, 6) is -0.0738. The molecule has 8 nitrogen and oxygen atoms in total. The number of hydrogen-bond acceptors (Lipinski definition) is 5. The Labute approximate surface area is 169 Å². The summed E-state index contributed by atoms with van der Waals surface area (Å²) in [6.45, 7) is 2.05. The van der Waals surface area contributed by atoms with E-state index < -0.39 is 21.5 Å². The molecule has 3 aliphatic rings. The van der Waals surface area contributed by atoms with E-state index in [0.29, 0.717) is 30.2 Å². The Hall–Kier alpha value is -2.94. The number of nitrogens with one attached hydrogen (secondary N) is 1. The average molecular weight is 414 g/mol. The first-order valence-electron chi connectivity index (χ1n) is 9.47. The van der Waals surface area contributed by atoms with Gasteiger partial charge in [-0.1, -0.05) is 12.1 Å². The summed E-state index contributed by atoms with van der Waals surface area (Å²) >= 11 is 0. The molecule has 0 saturated carbocycles. The first kappa shape index (κ1) is 19.4. The molecule has 3 aliphatic heterocycles. The second kappa shape index (κ2) is 7.14. The minimum absolute atomic E-state index is 0.0549. The van der Waals surface area contributed by atoms with Crippen LogP contribution in [0.15, 0.2) is 53.7 Å². The lowest BCUT2D eigenvalue weighted by Gasteiger charge is -2.34. The summed E-state index contributed by atoms with van der Waals surface area (Å²) < 4.78 is 26.1. The predicted octanol–water partition coefficient (Wildman–Crippen LogP) is 2.03. The number of sulfonamides is 1.